The summed E-state index contributed by atoms with van der Waals surface area (Å²) in [4.78, 5) is 12.3. The van der Waals surface area contributed by atoms with Crippen molar-refractivity contribution >= 4 is 22.2 Å². The number of hydrogen-bond acceptors (Lipinski definition) is 3. The molecule has 1 atom stereocenters. The van der Waals surface area contributed by atoms with Crippen LogP contribution in [-0.4, -0.2) is 53.5 Å². The average Bonchev–Trinajstić information content (AvgIpc) is 3.23. The van der Waals surface area contributed by atoms with Crippen LogP contribution in [0.4, 0.5) is 79.6 Å². The molecule has 0 saturated heterocycles. The Morgan fingerprint density at radius 1 is 0.795 bits per heavy atom. The topological polar surface area (TPSA) is 52.9 Å². The Balaban J connectivity index is 2.53. The first kappa shape index (κ1) is 37.7. The van der Waals surface area contributed by atoms with Gasteiger partial charge in [-0.3, -0.25) is 4.79 Å². The highest BCUT2D eigenvalue weighted by molar-refractivity contribution is 7.16. The summed E-state index contributed by atoms with van der Waals surface area (Å²) in [5.74, 6) is -62.3. The quantitative estimate of drug-likeness (QED) is 0.249. The highest BCUT2D eigenvalue weighted by Gasteiger charge is 2.95. The van der Waals surface area contributed by atoms with Gasteiger partial charge in [-0.15, -0.1) is 11.3 Å². The standard InChI is InChI=1S/C23H19F17N2OS/c1-4-15(2,3)9-5-6-10-11(8-41)13(44-12(10)7-9)42-14(43)16(24,25)17(26,27)18(28,29)19(30,31)20(32,33)21(34,35)22(36,37)23(38,39)40/h9H,4-7H2,1-3H3,(H,42,43). The lowest BCUT2D eigenvalue weighted by Crippen LogP contribution is -2.75. The van der Waals surface area contributed by atoms with Crippen molar-refractivity contribution in [3.05, 3.63) is 16.0 Å². The Morgan fingerprint density at radius 2 is 1.23 bits per heavy atom. The second-order valence-corrected chi connectivity index (χ2v) is 11.7. The fourth-order valence-corrected chi connectivity index (χ4v) is 5.51. The molecule has 21 heteroatoms. The van der Waals surface area contributed by atoms with Gasteiger partial charge in [0.25, 0.3) is 0 Å². The van der Waals surface area contributed by atoms with E-state index in [0.29, 0.717) is 24.2 Å². The minimum absolute atomic E-state index is 0.0708. The van der Waals surface area contributed by atoms with E-state index in [4.69, 9.17) is 0 Å². The summed E-state index contributed by atoms with van der Waals surface area (Å²) >= 11 is 0.320. The van der Waals surface area contributed by atoms with Gasteiger partial charge in [0.2, 0.25) is 0 Å². The minimum atomic E-state index is -8.79. The number of nitrogens with one attached hydrogen (secondary N) is 1. The van der Waals surface area contributed by atoms with Gasteiger partial charge in [0.15, 0.2) is 0 Å². The predicted molar refractivity (Wildman–Crippen MR) is 118 cm³/mol. The lowest BCUT2D eigenvalue weighted by Gasteiger charge is -2.42. The second-order valence-electron chi connectivity index (χ2n) is 10.6. The number of alkyl halides is 17. The molecule has 0 bridgehead atoms. The zero-order chi connectivity index (χ0) is 34.9. The molecule has 0 aliphatic heterocycles. The molecule has 1 aliphatic rings. The molecule has 1 N–H and O–H groups in total. The summed E-state index contributed by atoms with van der Waals surface area (Å²) < 4.78 is 230. The third kappa shape index (κ3) is 5.15. The number of rotatable bonds is 10. The number of nitrogens with zero attached hydrogens (tertiary/aromatic N) is 1. The van der Waals surface area contributed by atoms with Crippen molar-refractivity contribution in [3.63, 3.8) is 0 Å². The summed E-state index contributed by atoms with van der Waals surface area (Å²) in [6.07, 6.45) is -6.61. The Morgan fingerprint density at radius 3 is 1.64 bits per heavy atom. The van der Waals surface area contributed by atoms with Gasteiger partial charge in [-0.05, 0) is 36.2 Å². The molecule has 1 aromatic heterocycles. The van der Waals surface area contributed by atoms with Gasteiger partial charge >= 0.3 is 53.5 Å². The molecule has 0 aromatic carbocycles. The van der Waals surface area contributed by atoms with Crippen molar-refractivity contribution in [2.24, 2.45) is 11.3 Å². The van der Waals surface area contributed by atoms with Gasteiger partial charge in [-0.2, -0.15) is 79.9 Å². The van der Waals surface area contributed by atoms with E-state index in [-0.39, 0.29) is 34.6 Å². The molecule has 1 heterocycles. The first-order valence-electron chi connectivity index (χ1n) is 11.9. The van der Waals surface area contributed by atoms with Gasteiger partial charge < -0.3 is 5.32 Å². The molecule has 252 valence electrons. The second kappa shape index (κ2) is 10.8. The van der Waals surface area contributed by atoms with Crippen molar-refractivity contribution in [3.8, 4) is 6.07 Å². The van der Waals surface area contributed by atoms with Crippen LogP contribution >= 0.6 is 11.3 Å². The Kier molecular flexibility index (Phi) is 9.23. The Hall–Kier alpha value is -2.53. The number of hydrogen-bond donors (Lipinski definition) is 1. The largest absolute Gasteiger partial charge is 0.460 e. The number of nitriles is 1. The molecule has 0 fully saturated rings. The zero-order valence-corrected chi connectivity index (χ0v) is 22.9. The number of fused-ring (bicyclic) bond motifs is 1. The number of amides is 1. The molecular weight excluding hydrogens is 675 g/mol. The van der Waals surface area contributed by atoms with E-state index in [9.17, 15) is 84.7 Å². The van der Waals surface area contributed by atoms with Crippen LogP contribution < -0.4 is 5.32 Å². The van der Waals surface area contributed by atoms with Gasteiger partial charge in [0.05, 0.1) is 5.56 Å². The van der Waals surface area contributed by atoms with E-state index in [1.54, 1.807) is 0 Å². The summed E-state index contributed by atoms with van der Waals surface area (Å²) in [5, 5.41) is 9.31. The first-order chi connectivity index (χ1) is 19.3. The van der Waals surface area contributed by atoms with Crippen LogP contribution in [0.5, 0.6) is 0 Å². The maximum absolute atomic E-state index is 14.4. The third-order valence-electron chi connectivity index (χ3n) is 7.63. The van der Waals surface area contributed by atoms with Crippen molar-refractivity contribution < 1.29 is 79.4 Å². The summed E-state index contributed by atoms with van der Waals surface area (Å²) in [6.45, 7) is 5.54. The van der Waals surface area contributed by atoms with Crippen LogP contribution in [0.25, 0.3) is 0 Å². The smallest absolute Gasteiger partial charge is 0.311 e. The first-order valence-corrected chi connectivity index (χ1v) is 12.7. The van der Waals surface area contributed by atoms with Crippen molar-refractivity contribution in [1.29, 1.82) is 5.26 Å². The molecule has 3 nitrogen and oxygen atoms in total. The van der Waals surface area contributed by atoms with E-state index in [1.807, 2.05) is 20.8 Å². The normalized spacial score (nSPS) is 18.1. The lowest BCUT2D eigenvalue weighted by molar-refractivity contribution is -0.459. The number of carbonyl (C=O) groups is 1. The van der Waals surface area contributed by atoms with Gasteiger partial charge in [-0.25, -0.2) is 0 Å². The van der Waals surface area contributed by atoms with Gasteiger partial charge in [-0.1, -0.05) is 27.2 Å². The maximum atomic E-state index is 14.4. The summed E-state index contributed by atoms with van der Waals surface area (Å²) in [6, 6.07) is 1.43. The van der Waals surface area contributed by atoms with E-state index in [2.05, 4.69) is 0 Å². The maximum Gasteiger partial charge on any atom is 0.460 e. The SMILES string of the molecule is CCC(C)(C)C1CCc2c(sc(NC(=O)C(F)(F)C(F)(F)C(F)(F)C(F)(F)C(F)(F)C(F)(F)C(F)(F)C(F)(F)F)c2C#N)C1. The monoisotopic (exact) mass is 694 g/mol. The zero-order valence-electron chi connectivity index (χ0n) is 22.1. The van der Waals surface area contributed by atoms with Gasteiger partial charge in [0.1, 0.15) is 11.1 Å². The van der Waals surface area contributed by atoms with Crippen molar-refractivity contribution in [2.45, 2.75) is 94.1 Å². The summed E-state index contributed by atoms with van der Waals surface area (Å²) in [5.41, 5.74) is -0.842. The van der Waals surface area contributed by atoms with Crippen molar-refractivity contribution in [2.75, 3.05) is 5.32 Å². The number of carbonyl (C=O) groups excluding carboxylic acids is 1. The highest BCUT2D eigenvalue weighted by Crippen LogP contribution is 2.64. The van der Waals surface area contributed by atoms with E-state index in [1.165, 1.54) is 6.07 Å². The van der Waals surface area contributed by atoms with E-state index >= 15 is 0 Å². The predicted octanol–water partition coefficient (Wildman–Crippen LogP) is 9.11. The van der Waals surface area contributed by atoms with Crippen LogP contribution in [0.3, 0.4) is 0 Å². The summed E-state index contributed by atoms with van der Waals surface area (Å²) in [7, 11) is 0. The molecule has 1 unspecified atom stereocenters. The van der Waals surface area contributed by atoms with Gasteiger partial charge in [0, 0.05) is 4.88 Å². The molecule has 0 spiro atoms. The molecule has 44 heavy (non-hydrogen) atoms. The third-order valence-corrected chi connectivity index (χ3v) is 8.80. The van der Waals surface area contributed by atoms with Crippen LogP contribution in [0.15, 0.2) is 0 Å². The fourth-order valence-electron chi connectivity index (χ4n) is 4.24. The van der Waals surface area contributed by atoms with E-state index < -0.39 is 64.1 Å². The van der Waals surface area contributed by atoms with Crippen LogP contribution in [0.1, 0.15) is 49.6 Å². The number of halogens is 17. The van der Waals surface area contributed by atoms with Crippen molar-refractivity contribution in [1.82, 2.24) is 0 Å². The molecule has 1 amide bonds. The van der Waals surface area contributed by atoms with Crippen LogP contribution in [0, 0.1) is 22.7 Å². The minimum Gasteiger partial charge on any atom is -0.311 e. The van der Waals surface area contributed by atoms with Crippen LogP contribution in [-0.2, 0) is 17.6 Å². The molecule has 0 saturated carbocycles. The molecule has 1 aliphatic carbocycles. The lowest BCUT2D eigenvalue weighted by atomic mass is 9.69. The molecule has 2 rings (SSSR count). The Bertz CT molecular complexity index is 1310. The Labute approximate surface area is 240 Å². The average molecular weight is 694 g/mol. The molecule has 1 aromatic rings. The number of thiophene rings is 1. The fraction of sp³-hybridized carbons (Fsp3) is 0.739. The molecule has 0 radical (unpaired) electrons. The highest BCUT2D eigenvalue weighted by atomic mass is 32.1. The van der Waals surface area contributed by atoms with Crippen LogP contribution in [0.2, 0.25) is 0 Å². The number of anilines is 1. The van der Waals surface area contributed by atoms with E-state index in [0.717, 1.165) is 5.32 Å². The molecular formula is C23H19F17N2OS.